The van der Waals surface area contributed by atoms with Crippen LogP contribution in [0.2, 0.25) is 0 Å². The Morgan fingerprint density at radius 2 is 1.93 bits per heavy atom. The number of β-lactam (4-membered cyclic amide) rings is 2. The summed E-state index contributed by atoms with van der Waals surface area (Å²) < 4.78 is 0. The molecule has 1 rings (SSSR count). The smallest absolute Gasteiger partial charge is 0.330 e. The molecular weight excluding hydrogens is 198 g/mol. The SMILES string of the molecule is CCC(C)(C)CC(=O)ON1C(=O)CC1=O. The zero-order valence-corrected chi connectivity index (χ0v) is 9.20. The molecule has 0 aromatic rings. The van der Waals surface area contributed by atoms with Crippen molar-refractivity contribution in [1.29, 1.82) is 0 Å². The van der Waals surface area contributed by atoms with E-state index >= 15 is 0 Å². The van der Waals surface area contributed by atoms with Crippen LogP contribution in [0, 0.1) is 5.41 Å². The van der Waals surface area contributed by atoms with E-state index in [2.05, 4.69) is 4.84 Å². The van der Waals surface area contributed by atoms with Crippen molar-refractivity contribution in [3.63, 3.8) is 0 Å². The molecule has 0 radical (unpaired) electrons. The Labute approximate surface area is 88.3 Å². The quantitative estimate of drug-likeness (QED) is 0.517. The van der Waals surface area contributed by atoms with Gasteiger partial charge in [-0.1, -0.05) is 27.2 Å². The highest BCUT2D eigenvalue weighted by atomic mass is 16.7. The van der Waals surface area contributed by atoms with E-state index in [1.165, 1.54) is 0 Å². The molecule has 1 aliphatic heterocycles. The molecule has 0 aromatic carbocycles. The van der Waals surface area contributed by atoms with Gasteiger partial charge in [0, 0.05) is 0 Å². The minimum absolute atomic E-state index is 0.162. The third-order valence-electron chi connectivity index (χ3n) is 2.53. The van der Waals surface area contributed by atoms with Crippen molar-refractivity contribution in [2.45, 2.75) is 40.0 Å². The van der Waals surface area contributed by atoms with E-state index in [1.54, 1.807) is 0 Å². The van der Waals surface area contributed by atoms with Gasteiger partial charge in [0.2, 0.25) is 0 Å². The summed E-state index contributed by atoms with van der Waals surface area (Å²) >= 11 is 0. The van der Waals surface area contributed by atoms with Gasteiger partial charge in [0.25, 0.3) is 11.8 Å². The molecule has 0 bridgehead atoms. The van der Waals surface area contributed by atoms with E-state index in [9.17, 15) is 14.4 Å². The van der Waals surface area contributed by atoms with E-state index in [1.807, 2.05) is 20.8 Å². The van der Waals surface area contributed by atoms with Gasteiger partial charge in [-0.2, -0.15) is 0 Å². The molecular formula is C10H15NO4. The number of carbonyl (C=O) groups excluding carboxylic acids is 3. The Hall–Kier alpha value is -1.39. The van der Waals surface area contributed by atoms with Crippen molar-refractivity contribution in [3.8, 4) is 0 Å². The van der Waals surface area contributed by atoms with Crippen molar-refractivity contribution in [1.82, 2.24) is 5.06 Å². The number of rotatable bonds is 4. The van der Waals surface area contributed by atoms with Gasteiger partial charge in [-0.3, -0.25) is 9.59 Å². The lowest BCUT2D eigenvalue weighted by Gasteiger charge is -2.27. The lowest BCUT2D eigenvalue weighted by atomic mass is 9.87. The number of hydrogen-bond donors (Lipinski definition) is 0. The summed E-state index contributed by atoms with van der Waals surface area (Å²) in [5, 5.41) is 0.536. The van der Waals surface area contributed by atoms with Gasteiger partial charge in [0.1, 0.15) is 6.42 Å². The second-order valence-electron chi connectivity index (χ2n) is 4.42. The Bertz CT molecular complexity index is 295. The normalized spacial score (nSPS) is 16.3. The fourth-order valence-corrected chi connectivity index (χ4v) is 1.07. The average molecular weight is 213 g/mol. The number of amides is 2. The average Bonchev–Trinajstić information content (AvgIpc) is 2.14. The maximum Gasteiger partial charge on any atom is 0.333 e. The highest BCUT2D eigenvalue weighted by Crippen LogP contribution is 2.25. The topological polar surface area (TPSA) is 63.7 Å². The summed E-state index contributed by atoms with van der Waals surface area (Å²) in [7, 11) is 0. The first kappa shape index (κ1) is 11.7. The molecule has 0 atom stereocenters. The minimum atomic E-state index is -0.539. The van der Waals surface area contributed by atoms with Crippen LogP contribution in [0.1, 0.15) is 40.0 Å². The molecule has 1 saturated heterocycles. The lowest BCUT2D eigenvalue weighted by Crippen LogP contribution is -2.49. The predicted octanol–water partition coefficient (Wildman–Crippen LogP) is 1.03. The highest BCUT2D eigenvalue weighted by Gasteiger charge is 2.38. The molecule has 1 aliphatic rings. The van der Waals surface area contributed by atoms with Crippen LogP contribution in [0.5, 0.6) is 0 Å². The van der Waals surface area contributed by atoms with E-state index in [0.717, 1.165) is 6.42 Å². The molecule has 84 valence electrons. The molecule has 0 aromatic heterocycles. The maximum absolute atomic E-state index is 11.3. The van der Waals surface area contributed by atoms with Crippen LogP contribution in [-0.2, 0) is 19.2 Å². The van der Waals surface area contributed by atoms with Crippen LogP contribution in [0.15, 0.2) is 0 Å². The first-order chi connectivity index (χ1) is 6.85. The van der Waals surface area contributed by atoms with Crippen LogP contribution in [0.25, 0.3) is 0 Å². The van der Waals surface area contributed by atoms with Gasteiger partial charge in [0.15, 0.2) is 0 Å². The number of nitrogens with zero attached hydrogens (tertiary/aromatic N) is 1. The Balaban J connectivity index is 2.43. The van der Waals surface area contributed by atoms with Crippen molar-refractivity contribution in [2.24, 2.45) is 5.41 Å². The minimum Gasteiger partial charge on any atom is -0.330 e. The monoisotopic (exact) mass is 213 g/mol. The molecule has 0 N–H and O–H groups in total. The second kappa shape index (κ2) is 4.00. The highest BCUT2D eigenvalue weighted by molar-refractivity contribution is 6.14. The maximum atomic E-state index is 11.3. The fraction of sp³-hybridized carbons (Fsp3) is 0.700. The fourth-order valence-electron chi connectivity index (χ4n) is 1.07. The van der Waals surface area contributed by atoms with Gasteiger partial charge in [0.05, 0.1) is 6.42 Å². The summed E-state index contributed by atoms with van der Waals surface area (Å²) in [6, 6.07) is 0. The van der Waals surface area contributed by atoms with Crippen molar-refractivity contribution in [2.75, 3.05) is 0 Å². The first-order valence-electron chi connectivity index (χ1n) is 4.92. The molecule has 0 unspecified atom stereocenters. The van der Waals surface area contributed by atoms with Crippen LogP contribution in [-0.4, -0.2) is 22.8 Å². The van der Waals surface area contributed by atoms with Gasteiger partial charge >= 0.3 is 5.97 Å². The van der Waals surface area contributed by atoms with Gasteiger partial charge in [-0.15, -0.1) is 5.06 Å². The largest absolute Gasteiger partial charge is 0.333 e. The summed E-state index contributed by atoms with van der Waals surface area (Å²) in [5.74, 6) is -1.45. The van der Waals surface area contributed by atoms with Gasteiger partial charge in [-0.25, -0.2) is 4.79 Å². The summed E-state index contributed by atoms with van der Waals surface area (Å²) in [6.45, 7) is 5.81. The summed E-state index contributed by atoms with van der Waals surface area (Å²) in [5.41, 5.74) is -0.173. The number of imide groups is 1. The molecule has 5 heteroatoms. The van der Waals surface area contributed by atoms with Crippen molar-refractivity contribution >= 4 is 17.8 Å². The van der Waals surface area contributed by atoms with E-state index in [4.69, 9.17) is 0 Å². The Kier molecular flexibility index (Phi) is 3.12. The second-order valence-corrected chi connectivity index (χ2v) is 4.42. The van der Waals surface area contributed by atoms with Crippen molar-refractivity contribution in [3.05, 3.63) is 0 Å². The van der Waals surface area contributed by atoms with Gasteiger partial charge in [-0.05, 0) is 5.41 Å². The number of hydrogen-bond acceptors (Lipinski definition) is 4. The number of hydroxylamine groups is 2. The van der Waals surface area contributed by atoms with E-state index < -0.39 is 17.8 Å². The van der Waals surface area contributed by atoms with Crippen molar-refractivity contribution < 1.29 is 19.2 Å². The predicted molar refractivity (Wildman–Crippen MR) is 51.3 cm³/mol. The molecule has 0 saturated carbocycles. The van der Waals surface area contributed by atoms with Crippen LogP contribution in [0.4, 0.5) is 0 Å². The number of carbonyl (C=O) groups is 3. The molecule has 0 aliphatic carbocycles. The third kappa shape index (κ3) is 2.78. The van der Waals surface area contributed by atoms with Crippen LogP contribution >= 0.6 is 0 Å². The molecule has 1 heterocycles. The van der Waals surface area contributed by atoms with Crippen LogP contribution in [0.3, 0.4) is 0 Å². The Morgan fingerprint density at radius 1 is 1.40 bits per heavy atom. The molecule has 1 fully saturated rings. The zero-order chi connectivity index (χ0) is 11.6. The van der Waals surface area contributed by atoms with Gasteiger partial charge < -0.3 is 4.84 Å². The van der Waals surface area contributed by atoms with E-state index in [-0.39, 0.29) is 18.3 Å². The summed E-state index contributed by atoms with van der Waals surface area (Å²) in [4.78, 5) is 37.7. The lowest BCUT2D eigenvalue weighted by molar-refractivity contribution is -0.215. The summed E-state index contributed by atoms with van der Waals surface area (Å²) in [6.07, 6.45) is 0.856. The molecule has 0 spiro atoms. The Morgan fingerprint density at radius 3 is 2.33 bits per heavy atom. The third-order valence-corrected chi connectivity index (χ3v) is 2.53. The van der Waals surface area contributed by atoms with E-state index in [0.29, 0.717) is 5.06 Å². The molecule has 2 amide bonds. The zero-order valence-electron chi connectivity index (χ0n) is 9.20. The molecule has 15 heavy (non-hydrogen) atoms. The standard InChI is InChI=1S/C10H15NO4/c1-4-10(2,3)6-9(14)15-11-7(12)5-8(11)13/h4-6H2,1-3H3. The first-order valence-corrected chi connectivity index (χ1v) is 4.92. The van der Waals surface area contributed by atoms with Crippen LogP contribution < -0.4 is 0 Å². The molecule has 5 nitrogen and oxygen atoms in total.